The summed E-state index contributed by atoms with van der Waals surface area (Å²) in [5.41, 5.74) is 7.80. The summed E-state index contributed by atoms with van der Waals surface area (Å²) in [6, 6.07) is 18.5. The van der Waals surface area contributed by atoms with Crippen molar-refractivity contribution in [3.05, 3.63) is 77.0 Å². The summed E-state index contributed by atoms with van der Waals surface area (Å²) in [5.74, 6) is 1.01. The molecule has 0 bridgehead atoms. The number of rotatable bonds is 9. The second kappa shape index (κ2) is 10.5. The van der Waals surface area contributed by atoms with Crippen molar-refractivity contribution in [2.24, 2.45) is 0 Å². The standard InChI is InChI=1S/C29H41N3/c1-20(2)27-15-14-25(16-28(27)21(3)4)29-26(19-32(22(5)6)23(7)8)18-31(30-29)17-24-12-10-9-11-13-24/h9-16,18,20-23H,17,19H2,1-8H3. The fourth-order valence-corrected chi connectivity index (χ4v) is 4.58. The van der Waals surface area contributed by atoms with Crippen LogP contribution in [0.1, 0.15) is 89.5 Å². The van der Waals surface area contributed by atoms with Gasteiger partial charge in [0.2, 0.25) is 0 Å². The van der Waals surface area contributed by atoms with E-state index in [1.165, 1.54) is 27.8 Å². The summed E-state index contributed by atoms with van der Waals surface area (Å²) in [4.78, 5) is 2.54. The molecule has 172 valence electrons. The molecule has 0 aliphatic carbocycles. The predicted molar refractivity (Wildman–Crippen MR) is 137 cm³/mol. The van der Waals surface area contributed by atoms with E-state index in [2.05, 4.69) is 120 Å². The first kappa shape index (κ1) is 24.3. The molecule has 0 saturated heterocycles. The Kier molecular flexibility index (Phi) is 7.95. The maximum Gasteiger partial charge on any atom is 0.0968 e. The molecule has 2 aromatic carbocycles. The zero-order valence-corrected chi connectivity index (χ0v) is 21.3. The van der Waals surface area contributed by atoms with Gasteiger partial charge < -0.3 is 0 Å². The molecule has 0 atom stereocenters. The lowest BCUT2D eigenvalue weighted by molar-refractivity contribution is 0.166. The maximum absolute atomic E-state index is 5.11. The smallest absolute Gasteiger partial charge is 0.0968 e. The molecule has 0 saturated carbocycles. The van der Waals surface area contributed by atoms with Crippen molar-refractivity contribution in [2.75, 3.05) is 0 Å². The van der Waals surface area contributed by atoms with E-state index in [0.29, 0.717) is 23.9 Å². The van der Waals surface area contributed by atoms with E-state index in [-0.39, 0.29) is 0 Å². The van der Waals surface area contributed by atoms with Crippen LogP contribution in [-0.2, 0) is 13.1 Å². The third-order valence-electron chi connectivity index (χ3n) is 6.31. The van der Waals surface area contributed by atoms with Gasteiger partial charge in [-0.3, -0.25) is 9.58 Å². The molecule has 1 heterocycles. The van der Waals surface area contributed by atoms with Gasteiger partial charge >= 0.3 is 0 Å². The van der Waals surface area contributed by atoms with E-state index < -0.39 is 0 Å². The van der Waals surface area contributed by atoms with Crippen molar-refractivity contribution in [2.45, 2.75) is 92.4 Å². The molecular weight excluding hydrogens is 390 g/mol. The van der Waals surface area contributed by atoms with Crippen LogP contribution in [0.15, 0.2) is 54.7 Å². The highest BCUT2D eigenvalue weighted by molar-refractivity contribution is 5.65. The van der Waals surface area contributed by atoms with Crippen LogP contribution < -0.4 is 0 Å². The number of aromatic nitrogens is 2. The van der Waals surface area contributed by atoms with Crippen LogP contribution in [0, 0.1) is 0 Å². The minimum absolute atomic E-state index is 0.481. The Hall–Kier alpha value is -2.39. The third kappa shape index (κ3) is 5.69. The van der Waals surface area contributed by atoms with Crippen LogP contribution >= 0.6 is 0 Å². The minimum Gasteiger partial charge on any atom is -0.294 e. The first-order valence-electron chi connectivity index (χ1n) is 12.2. The molecule has 3 aromatic rings. The fraction of sp³-hybridized carbons (Fsp3) is 0.483. The lowest BCUT2D eigenvalue weighted by Crippen LogP contribution is -2.36. The number of hydrogen-bond donors (Lipinski definition) is 0. The van der Waals surface area contributed by atoms with E-state index in [1.807, 2.05) is 0 Å². The van der Waals surface area contributed by atoms with Crippen LogP contribution in [0.4, 0.5) is 0 Å². The highest BCUT2D eigenvalue weighted by Gasteiger charge is 2.20. The van der Waals surface area contributed by atoms with Gasteiger partial charge in [0.25, 0.3) is 0 Å². The first-order valence-corrected chi connectivity index (χ1v) is 12.2. The lowest BCUT2D eigenvalue weighted by atomic mass is 9.88. The summed E-state index contributed by atoms with van der Waals surface area (Å²) in [6.07, 6.45) is 2.26. The van der Waals surface area contributed by atoms with E-state index in [9.17, 15) is 0 Å². The van der Waals surface area contributed by atoms with Gasteiger partial charge in [0, 0.05) is 36.0 Å². The number of benzene rings is 2. The largest absolute Gasteiger partial charge is 0.294 e. The Morgan fingerprint density at radius 3 is 1.97 bits per heavy atom. The second-order valence-corrected chi connectivity index (χ2v) is 10.2. The first-order chi connectivity index (χ1) is 15.2. The van der Waals surface area contributed by atoms with Gasteiger partial charge in [0.05, 0.1) is 12.2 Å². The highest BCUT2D eigenvalue weighted by Crippen LogP contribution is 2.32. The maximum atomic E-state index is 5.11. The van der Waals surface area contributed by atoms with E-state index in [4.69, 9.17) is 5.10 Å². The summed E-state index contributed by atoms with van der Waals surface area (Å²) in [5, 5.41) is 5.11. The zero-order valence-electron chi connectivity index (χ0n) is 21.3. The molecule has 0 amide bonds. The van der Waals surface area contributed by atoms with Crippen LogP contribution in [-0.4, -0.2) is 26.8 Å². The molecule has 0 unspecified atom stereocenters. The summed E-state index contributed by atoms with van der Waals surface area (Å²) >= 11 is 0. The molecule has 0 aliphatic heterocycles. The van der Waals surface area contributed by atoms with Crippen LogP contribution in [0.2, 0.25) is 0 Å². The normalized spacial score (nSPS) is 12.2. The van der Waals surface area contributed by atoms with E-state index in [1.54, 1.807) is 0 Å². The van der Waals surface area contributed by atoms with Crippen molar-refractivity contribution in [3.63, 3.8) is 0 Å². The van der Waals surface area contributed by atoms with Crippen molar-refractivity contribution in [3.8, 4) is 11.3 Å². The van der Waals surface area contributed by atoms with Gasteiger partial charge in [-0.15, -0.1) is 0 Å². The Morgan fingerprint density at radius 1 is 0.781 bits per heavy atom. The lowest BCUT2D eigenvalue weighted by Gasteiger charge is -2.30. The molecule has 0 N–H and O–H groups in total. The average Bonchev–Trinajstić information content (AvgIpc) is 3.14. The van der Waals surface area contributed by atoms with Gasteiger partial charge in [0.1, 0.15) is 0 Å². The summed E-state index contributed by atoms with van der Waals surface area (Å²) in [6.45, 7) is 20.0. The van der Waals surface area contributed by atoms with Crippen molar-refractivity contribution >= 4 is 0 Å². The van der Waals surface area contributed by atoms with Crippen LogP contribution in [0.3, 0.4) is 0 Å². The molecule has 3 nitrogen and oxygen atoms in total. The van der Waals surface area contributed by atoms with E-state index in [0.717, 1.165) is 18.8 Å². The zero-order chi connectivity index (χ0) is 23.4. The Morgan fingerprint density at radius 2 is 1.41 bits per heavy atom. The number of hydrogen-bond acceptors (Lipinski definition) is 2. The Bertz CT molecular complexity index is 988. The monoisotopic (exact) mass is 431 g/mol. The predicted octanol–water partition coefficient (Wildman–Crippen LogP) is 7.46. The van der Waals surface area contributed by atoms with Gasteiger partial charge in [-0.1, -0.05) is 70.2 Å². The fourth-order valence-electron chi connectivity index (χ4n) is 4.58. The Balaban J connectivity index is 2.07. The van der Waals surface area contributed by atoms with E-state index >= 15 is 0 Å². The van der Waals surface area contributed by atoms with Gasteiger partial charge in [0.15, 0.2) is 0 Å². The van der Waals surface area contributed by atoms with Crippen molar-refractivity contribution in [1.82, 2.24) is 14.7 Å². The molecule has 32 heavy (non-hydrogen) atoms. The van der Waals surface area contributed by atoms with Crippen LogP contribution in [0.25, 0.3) is 11.3 Å². The third-order valence-corrected chi connectivity index (χ3v) is 6.31. The molecule has 3 rings (SSSR count). The van der Waals surface area contributed by atoms with Crippen LogP contribution in [0.5, 0.6) is 0 Å². The van der Waals surface area contributed by atoms with Gasteiger partial charge in [-0.05, 0) is 62.3 Å². The molecular formula is C29H41N3. The number of nitrogens with zero attached hydrogens (tertiary/aromatic N) is 3. The van der Waals surface area contributed by atoms with Crippen molar-refractivity contribution in [1.29, 1.82) is 0 Å². The molecule has 0 spiro atoms. The summed E-state index contributed by atoms with van der Waals surface area (Å²) < 4.78 is 2.12. The SMILES string of the molecule is CC(C)c1ccc(-c2nn(Cc3ccccc3)cc2CN(C(C)C)C(C)C)cc1C(C)C. The van der Waals surface area contributed by atoms with Crippen molar-refractivity contribution < 1.29 is 0 Å². The molecule has 0 aliphatic rings. The topological polar surface area (TPSA) is 21.1 Å². The molecule has 0 radical (unpaired) electrons. The van der Waals surface area contributed by atoms with Gasteiger partial charge in [-0.25, -0.2) is 0 Å². The Labute approximate surface area is 195 Å². The molecule has 1 aromatic heterocycles. The molecule has 0 fully saturated rings. The average molecular weight is 432 g/mol. The molecule has 3 heteroatoms. The highest BCUT2D eigenvalue weighted by atomic mass is 15.3. The second-order valence-electron chi connectivity index (χ2n) is 10.2. The summed E-state index contributed by atoms with van der Waals surface area (Å²) in [7, 11) is 0. The van der Waals surface area contributed by atoms with Gasteiger partial charge in [-0.2, -0.15) is 5.10 Å². The quantitative estimate of drug-likeness (QED) is 0.350. The minimum atomic E-state index is 0.481.